The molecule has 0 aromatic heterocycles. The number of morpholine rings is 1. The third-order valence-corrected chi connectivity index (χ3v) is 2.60. The van der Waals surface area contributed by atoms with Crippen LogP contribution in [-0.4, -0.2) is 43.0 Å². The second-order valence-electron chi connectivity index (χ2n) is 4.06. The van der Waals surface area contributed by atoms with Crippen molar-refractivity contribution in [3.05, 3.63) is 0 Å². The molecule has 0 saturated carbocycles. The third-order valence-electron chi connectivity index (χ3n) is 2.60. The first-order chi connectivity index (χ1) is 6.04. The van der Waals surface area contributed by atoms with Gasteiger partial charge in [-0.05, 0) is 14.0 Å². The van der Waals surface area contributed by atoms with Gasteiger partial charge in [-0.15, -0.1) is 0 Å². The molecule has 2 atom stereocenters. The molecule has 1 heterocycles. The van der Waals surface area contributed by atoms with Crippen LogP contribution in [0.25, 0.3) is 0 Å². The lowest BCUT2D eigenvalue weighted by atomic mass is 9.96. The van der Waals surface area contributed by atoms with E-state index in [1.807, 2.05) is 27.8 Å². The molecule has 1 aliphatic rings. The average Bonchev–Trinajstić information content (AvgIpc) is 2.03. The molecule has 1 aliphatic heterocycles. The highest BCUT2D eigenvalue weighted by molar-refractivity contribution is 5.86. The fourth-order valence-corrected chi connectivity index (χ4v) is 1.76. The third kappa shape index (κ3) is 2.29. The van der Waals surface area contributed by atoms with Gasteiger partial charge in [-0.3, -0.25) is 9.69 Å². The molecule has 2 unspecified atom stereocenters. The number of likely N-dealkylation sites (N-methyl/N-ethyl adjacent to an activating group) is 1. The normalized spacial score (nSPS) is 30.8. The molecule has 13 heavy (non-hydrogen) atoms. The molecule has 3 heteroatoms. The van der Waals surface area contributed by atoms with Gasteiger partial charge in [0, 0.05) is 12.5 Å². The number of carbonyl (C=O) groups excluding carboxylic acids is 1. The van der Waals surface area contributed by atoms with E-state index in [9.17, 15) is 4.79 Å². The summed E-state index contributed by atoms with van der Waals surface area (Å²) in [5.41, 5.74) is 0. The van der Waals surface area contributed by atoms with Crippen molar-refractivity contribution < 1.29 is 9.53 Å². The van der Waals surface area contributed by atoms with Gasteiger partial charge in [0.25, 0.3) is 0 Å². The van der Waals surface area contributed by atoms with Gasteiger partial charge in [-0.2, -0.15) is 0 Å². The Kier molecular flexibility index (Phi) is 3.45. The van der Waals surface area contributed by atoms with Crippen molar-refractivity contribution in [3.8, 4) is 0 Å². The van der Waals surface area contributed by atoms with E-state index >= 15 is 0 Å². The highest BCUT2D eigenvalue weighted by Crippen LogP contribution is 2.16. The molecule has 76 valence electrons. The monoisotopic (exact) mass is 185 g/mol. The summed E-state index contributed by atoms with van der Waals surface area (Å²) in [6, 6.07) is -0.0475. The fraction of sp³-hybridized carbons (Fsp3) is 0.900. The largest absolute Gasteiger partial charge is 0.375 e. The van der Waals surface area contributed by atoms with Crippen LogP contribution in [0.5, 0.6) is 0 Å². The molecule has 0 aromatic carbocycles. The Labute approximate surface area is 80.1 Å². The van der Waals surface area contributed by atoms with Gasteiger partial charge in [0.1, 0.15) is 0 Å². The summed E-state index contributed by atoms with van der Waals surface area (Å²) in [5, 5.41) is 0. The van der Waals surface area contributed by atoms with Gasteiger partial charge in [0.05, 0.1) is 18.8 Å². The maximum atomic E-state index is 11.8. The molecule has 1 rings (SSSR count). The lowest BCUT2D eigenvalue weighted by Gasteiger charge is -2.37. The molecule has 1 saturated heterocycles. The van der Waals surface area contributed by atoms with Crippen LogP contribution in [0.3, 0.4) is 0 Å². The number of Topliss-reactive ketones (excluding diaryl/α,β-unsaturated/α-hetero) is 1. The highest BCUT2D eigenvalue weighted by Gasteiger charge is 2.33. The molecule has 0 aromatic rings. The molecular formula is C10H19NO2. The highest BCUT2D eigenvalue weighted by atomic mass is 16.5. The van der Waals surface area contributed by atoms with Crippen molar-refractivity contribution in [1.82, 2.24) is 4.90 Å². The fourth-order valence-electron chi connectivity index (χ4n) is 1.76. The smallest absolute Gasteiger partial charge is 0.155 e. The molecule has 0 bridgehead atoms. The summed E-state index contributed by atoms with van der Waals surface area (Å²) in [7, 11) is 1.99. The second-order valence-corrected chi connectivity index (χ2v) is 4.06. The second kappa shape index (κ2) is 4.20. The lowest BCUT2D eigenvalue weighted by molar-refractivity contribution is -0.138. The Morgan fingerprint density at radius 3 is 2.62 bits per heavy atom. The van der Waals surface area contributed by atoms with E-state index in [0.717, 1.165) is 13.2 Å². The van der Waals surface area contributed by atoms with E-state index in [1.165, 1.54) is 0 Å². The minimum absolute atomic E-state index is 0.0358. The van der Waals surface area contributed by atoms with Crippen LogP contribution < -0.4 is 0 Å². The van der Waals surface area contributed by atoms with Gasteiger partial charge in [0.15, 0.2) is 5.78 Å². The summed E-state index contributed by atoms with van der Waals surface area (Å²) >= 11 is 0. The van der Waals surface area contributed by atoms with E-state index in [-0.39, 0.29) is 23.8 Å². The van der Waals surface area contributed by atoms with E-state index in [2.05, 4.69) is 4.90 Å². The lowest BCUT2D eigenvalue weighted by Crippen LogP contribution is -2.53. The van der Waals surface area contributed by atoms with Crippen LogP contribution in [-0.2, 0) is 9.53 Å². The average molecular weight is 185 g/mol. The summed E-state index contributed by atoms with van der Waals surface area (Å²) < 4.78 is 5.47. The van der Waals surface area contributed by atoms with Crippen LogP contribution in [0.4, 0.5) is 0 Å². The summed E-state index contributed by atoms with van der Waals surface area (Å²) in [6.45, 7) is 7.45. The van der Waals surface area contributed by atoms with Crippen LogP contribution >= 0.6 is 0 Å². The zero-order chi connectivity index (χ0) is 10.0. The Bertz CT molecular complexity index is 181. The molecule has 1 fully saturated rings. The molecule has 3 nitrogen and oxygen atoms in total. The minimum atomic E-state index is -0.0475. The maximum Gasteiger partial charge on any atom is 0.155 e. The first kappa shape index (κ1) is 10.7. The van der Waals surface area contributed by atoms with E-state index in [4.69, 9.17) is 4.74 Å². The summed E-state index contributed by atoms with van der Waals surface area (Å²) in [5.74, 6) is 0.381. The summed E-state index contributed by atoms with van der Waals surface area (Å²) in [4.78, 5) is 13.9. The van der Waals surface area contributed by atoms with Crippen molar-refractivity contribution in [2.24, 2.45) is 5.92 Å². The Balaban J connectivity index is 2.68. The van der Waals surface area contributed by atoms with E-state index in [1.54, 1.807) is 0 Å². The number of rotatable bonds is 2. The quantitative estimate of drug-likeness (QED) is 0.641. The van der Waals surface area contributed by atoms with Gasteiger partial charge in [0.2, 0.25) is 0 Å². The first-order valence-corrected chi connectivity index (χ1v) is 4.89. The van der Waals surface area contributed by atoms with Crippen LogP contribution in [0, 0.1) is 5.92 Å². The van der Waals surface area contributed by atoms with E-state index in [0.29, 0.717) is 0 Å². The molecule has 0 amide bonds. The number of hydrogen-bond acceptors (Lipinski definition) is 3. The first-order valence-electron chi connectivity index (χ1n) is 4.89. The van der Waals surface area contributed by atoms with Gasteiger partial charge in [-0.25, -0.2) is 0 Å². The molecule has 0 N–H and O–H groups in total. The number of ketones is 1. The minimum Gasteiger partial charge on any atom is -0.375 e. The van der Waals surface area contributed by atoms with Gasteiger partial charge < -0.3 is 4.74 Å². The van der Waals surface area contributed by atoms with Crippen molar-refractivity contribution in [3.63, 3.8) is 0 Å². The predicted octanol–water partition coefficient (Wildman–Crippen LogP) is 0.931. The zero-order valence-corrected chi connectivity index (χ0v) is 8.91. The number of ether oxygens (including phenoxy) is 1. The summed E-state index contributed by atoms with van der Waals surface area (Å²) in [6.07, 6.45) is 0.0358. The standard InChI is InChI=1S/C10H19NO2/c1-7(2)10(12)9-8(3)13-6-5-11(9)4/h7-9H,5-6H2,1-4H3. The molecular weight excluding hydrogens is 166 g/mol. The van der Waals surface area contributed by atoms with Crippen molar-refractivity contribution in [2.45, 2.75) is 32.9 Å². The molecule has 0 aliphatic carbocycles. The van der Waals surface area contributed by atoms with Crippen LogP contribution in [0.1, 0.15) is 20.8 Å². The van der Waals surface area contributed by atoms with Crippen molar-refractivity contribution in [2.75, 3.05) is 20.2 Å². The van der Waals surface area contributed by atoms with Crippen molar-refractivity contribution >= 4 is 5.78 Å². The number of carbonyl (C=O) groups is 1. The van der Waals surface area contributed by atoms with E-state index < -0.39 is 0 Å². The molecule has 0 radical (unpaired) electrons. The Morgan fingerprint density at radius 1 is 1.54 bits per heavy atom. The van der Waals surface area contributed by atoms with Crippen molar-refractivity contribution in [1.29, 1.82) is 0 Å². The number of nitrogens with zero attached hydrogens (tertiary/aromatic N) is 1. The van der Waals surface area contributed by atoms with Crippen LogP contribution in [0.2, 0.25) is 0 Å². The van der Waals surface area contributed by atoms with Gasteiger partial charge >= 0.3 is 0 Å². The zero-order valence-electron chi connectivity index (χ0n) is 8.91. The van der Waals surface area contributed by atoms with Gasteiger partial charge in [-0.1, -0.05) is 13.8 Å². The molecule has 0 spiro atoms. The Hall–Kier alpha value is -0.410. The van der Waals surface area contributed by atoms with Crippen LogP contribution in [0.15, 0.2) is 0 Å². The predicted molar refractivity (Wildman–Crippen MR) is 51.7 cm³/mol. The topological polar surface area (TPSA) is 29.5 Å². The number of hydrogen-bond donors (Lipinski definition) is 0. The maximum absolute atomic E-state index is 11.8. The Morgan fingerprint density at radius 2 is 2.15 bits per heavy atom. The SMILES string of the molecule is CC(C)C(=O)C1C(C)OCCN1C.